The molecule has 0 aromatic carbocycles. The molecule has 1 aromatic rings. The Morgan fingerprint density at radius 2 is 2.00 bits per heavy atom. The molecule has 1 aromatic heterocycles. The van der Waals surface area contributed by atoms with E-state index in [1.54, 1.807) is 0 Å². The summed E-state index contributed by atoms with van der Waals surface area (Å²) in [6.07, 6.45) is 2.52. The SMILES string of the molecule is Cc1cc(N(C)C)cc(C2CCCNC2)n1.Cl.Cl. The fourth-order valence-electron chi connectivity index (χ4n) is 2.25. The molecule has 2 rings (SSSR count). The van der Waals surface area contributed by atoms with Crippen molar-refractivity contribution in [1.29, 1.82) is 0 Å². The molecule has 0 amide bonds. The van der Waals surface area contributed by atoms with Gasteiger partial charge in [0.2, 0.25) is 0 Å². The number of aryl methyl sites for hydroxylation is 1. The van der Waals surface area contributed by atoms with Crippen molar-refractivity contribution in [3.63, 3.8) is 0 Å². The molecule has 5 heteroatoms. The van der Waals surface area contributed by atoms with Gasteiger partial charge in [-0.05, 0) is 38.4 Å². The third-order valence-corrected chi connectivity index (χ3v) is 3.19. The van der Waals surface area contributed by atoms with E-state index in [0.29, 0.717) is 5.92 Å². The lowest BCUT2D eigenvalue weighted by Crippen LogP contribution is -2.29. The maximum atomic E-state index is 4.67. The molecule has 104 valence electrons. The molecule has 1 aliphatic rings. The Bertz CT molecular complexity index is 363. The van der Waals surface area contributed by atoms with Crippen LogP contribution in [0, 0.1) is 6.92 Å². The highest BCUT2D eigenvalue weighted by Crippen LogP contribution is 2.25. The molecule has 0 aliphatic carbocycles. The maximum absolute atomic E-state index is 4.67. The van der Waals surface area contributed by atoms with Gasteiger partial charge in [0.15, 0.2) is 0 Å². The molecule has 1 fully saturated rings. The summed E-state index contributed by atoms with van der Waals surface area (Å²) < 4.78 is 0. The first kappa shape index (κ1) is 17.5. The van der Waals surface area contributed by atoms with Crippen LogP contribution in [0.4, 0.5) is 5.69 Å². The van der Waals surface area contributed by atoms with Crippen molar-refractivity contribution < 1.29 is 0 Å². The molecule has 1 unspecified atom stereocenters. The second kappa shape index (κ2) is 7.82. The van der Waals surface area contributed by atoms with Crippen molar-refractivity contribution in [3.8, 4) is 0 Å². The van der Waals surface area contributed by atoms with Crippen LogP contribution in [-0.2, 0) is 0 Å². The average Bonchev–Trinajstić information content (AvgIpc) is 2.29. The maximum Gasteiger partial charge on any atom is 0.0471 e. The minimum absolute atomic E-state index is 0. The third kappa shape index (κ3) is 4.30. The smallest absolute Gasteiger partial charge is 0.0471 e. The molecule has 18 heavy (non-hydrogen) atoms. The minimum atomic E-state index is 0. The molecule has 1 aliphatic heterocycles. The number of hydrogen-bond acceptors (Lipinski definition) is 3. The van der Waals surface area contributed by atoms with Crippen LogP contribution in [0.15, 0.2) is 12.1 Å². The summed E-state index contributed by atoms with van der Waals surface area (Å²) in [7, 11) is 4.16. The van der Waals surface area contributed by atoms with Crippen molar-refractivity contribution >= 4 is 30.5 Å². The summed E-state index contributed by atoms with van der Waals surface area (Å²) in [4.78, 5) is 6.82. The van der Waals surface area contributed by atoms with Crippen LogP contribution in [0.2, 0.25) is 0 Å². The topological polar surface area (TPSA) is 28.2 Å². The van der Waals surface area contributed by atoms with Gasteiger partial charge in [0.25, 0.3) is 0 Å². The summed E-state index contributed by atoms with van der Waals surface area (Å²) in [5, 5.41) is 3.45. The summed E-state index contributed by atoms with van der Waals surface area (Å²) >= 11 is 0. The Balaban J connectivity index is 0.00000144. The molecule has 0 radical (unpaired) electrons. The molecule has 3 nitrogen and oxygen atoms in total. The first-order valence-corrected chi connectivity index (χ1v) is 6.03. The number of rotatable bonds is 2. The Labute approximate surface area is 122 Å². The largest absolute Gasteiger partial charge is 0.378 e. The lowest BCUT2D eigenvalue weighted by atomic mass is 9.95. The molecule has 1 atom stereocenters. The van der Waals surface area contributed by atoms with Gasteiger partial charge in [-0.2, -0.15) is 0 Å². The molecule has 2 heterocycles. The third-order valence-electron chi connectivity index (χ3n) is 3.19. The Kier molecular flexibility index (Phi) is 7.60. The van der Waals surface area contributed by atoms with Gasteiger partial charge < -0.3 is 10.2 Å². The van der Waals surface area contributed by atoms with Gasteiger partial charge in [-0.1, -0.05) is 0 Å². The first-order valence-electron chi connectivity index (χ1n) is 6.03. The zero-order chi connectivity index (χ0) is 11.5. The van der Waals surface area contributed by atoms with Crippen molar-refractivity contribution in [1.82, 2.24) is 10.3 Å². The van der Waals surface area contributed by atoms with E-state index in [4.69, 9.17) is 0 Å². The van der Waals surface area contributed by atoms with E-state index in [0.717, 1.165) is 18.8 Å². The van der Waals surface area contributed by atoms with Crippen LogP contribution in [0.3, 0.4) is 0 Å². The van der Waals surface area contributed by atoms with Crippen LogP contribution in [0.25, 0.3) is 0 Å². The second-order valence-electron chi connectivity index (χ2n) is 4.83. The molecular weight excluding hydrogens is 269 g/mol. The van der Waals surface area contributed by atoms with E-state index in [9.17, 15) is 0 Å². The Hall–Kier alpha value is -0.510. The van der Waals surface area contributed by atoms with Crippen LogP contribution in [0.5, 0.6) is 0 Å². The van der Waals surface area contributed by atoms with E-state index < -0.39 is 0 Å². The van der Waals surface area contributed by atoms with Gasteiger partial charge in [-0.15, -0.1) is 24.8 Å². The van der Waals surface area contributed by atoms with E-state index in [1.165, 1.54) is 24.2 Å². The number of pyridine rings is 1. The van der Waals surface area contributed by atoms with E-state index in [2.05, 4.69) is 48.4 Å². The molecular formula is C13H23Cl2N3. The standard InChI is InChI=1S/C13H21N3.2ClH/c1-10-7-12(16(2)3)8-13(15-10)11-5-4-6-14-9-11;;/h7-8,11,14H,4-6,9H2,1-3H3;2*1H. The lowest BCUT2D eigenvalue weighted by molar-refractivity contribution is 0.454. The Morgan fingerprint density at radius 1 is 1.28 bits per heavy atom. The van der Waals surface area contributed by atoms with Crippen LogP contribution in [0.1, 0.15) is 30.1 Å². The van der Waals surface area contributed by atoms with Gasteiger partial charge >= 0.3 is 0 Å². The summed E-state index contributed by atoms with van der Waals surface area (Å²) in [5.74, 6) is 0.590. The number of anilines is 1. The van der Waals surface area contributed by atoms with Crippen molar-refractivity contribution in [2.75, 3.05) is 32.1 Å². The average molecular weight is 292 g/mol. The monoisotopic (exact) mass is 291 g/mol. The van der Waals surface area contributed by atoms with Crippen LogP contribution < -0.4 is 10.2 Å². The van der Waals surface area contributed by atoms with E-state index in [-0.39, 0.29) is 24.8 Å². The summed E-state index contributed by atoms with van der Waals surface area (Å²) in [5.41, 5.74) is 3.62. The highest BCUT2D eigenvalue weighted by molar-refractivity contribution is 5.85. The number of nitrogens with one attached hydrogen (secondary N) is 1. The predicted molar refractivity (Wildman–Crippen MR) is 82.6 cm³/mol. The number of nitrogens with zero attached hydrogens (tertiary/aromatic N) is 2. The van der Waals surface area contributed by atoms with Gasteiger partial charge in [0.1, 0.15) is 0 Å². The van der Waals surface area contributed by atoms with E-state index >= 15 is 0 Å². The van der Waals surface area contributed by atoms with Gasteiger partial charge in [-0.25, -0.2) is 0 Å². The first-order chi connectivity index (χ1) is 7.66. The fraction of sp³-hybridized carbons (Fsp3) is 0.615. The molecule has 0 spiro atoms. The summed E-state index contributed by atoms with van der Waals surface area (Å²) in [6.45, 7) is 4.30. The fourth-order valence-corrected chi connectivity index (χ4v) is 2.25. The predicted octanol–water partition coefficient (Wildman–Crippen LogP) is 2.77. The molecule has 0 saturated carbocycles. The van der Waals surface area contributed by atoms with Crippen LogP contribution in [-0.4, -0.2) is 32.2 Å². The molecule has 1 saturated heterocycles. The van der Waals surface area contributed by atoms with E-state index in [1.807, 2.05) is 0 Å². The zero-order valence-electron chi connectivity index (χ0n) is 11.3. The highest BCUT2D eigenvalue weighted by atomic mass is 35.5. The van der Waals surface area contributed by atoms with Crippen molar-refractivity contribution in [2.24, 2.45) is 0 Å². The number of halogens is 2. The second-order valence-corrected chi connectivity index (χ2v) is 4.83. The number of aromatic nitrogens is 1. The molecule has 1 N–H and O–H groups in total. The molecule has 0 bridgehead atoms. The number of piperidine rings is 1. The van der Waals surface area contributed by atoms with Gasteiger partial charge in [0, 0.05) is 43.6 Å². The zero-order valence-corrected chi connectivity index (χ0v) is 12.9. The summed E-state index contributed by atoms with van der Waals surface area (Å²) in [6, 6.07) is 4.37. The quantitative estimate of drug-likeness (QED) is 0.908. The van der Waals surface area contributed by atoms with Crippen LogP contribution >= 0.6 is 24.8 Å². The van der Waals surface area contributed by atoms with Crippen molar-refractivity contribution in [2.45, 2.75) is 25.7 Å². The van der Waals surface area contributed by atoms with Gasteiger partial charge in [-0.3, -0.25) is 4.98 Å². The number of hydrogen-bond donors (Lipinski definition) is 1. The normalized spacial score (nSPS) is 18.5. The Morgan fingerprint density at radius 3 is 2.56 bits per heavy atom. The lowest BCUT2D eigenvalue weighted by Gasteiger charge is -2.24. The highest BCUT2D eigenvalue weighted by Gasteiger charge is 2.17. The van der Waals surface area contributed by atoms with Crippen molar-refractivity contribution in [3.05, 3.63) is 23.5 Å². The van der Waals surface area contributed by atoms with Gasteiger partial charge in [0.05, 0.1) is 0 Å². The minimum Gasteiger partial charge on any atom is -0.378 e.